The predicted molar refractivity (Wildman–Crippen MR) is 157 cm³/mol. The number of carbonyl (C=O) groups is 3. The number of halogens is 2. The van der Waals surface area contributed by atoms with Crippen molar-refractivity contribution in [1.82, 2.24) is 19.9 Å². The van der Waals surface area contributed by atoms with Crippen LogP contribution in [0.1, 0.15) is 43.0 Å². The van der Waals surface area contributed by atoms with Crippen molar-refractivity contribution in [3.8, 4) is 0 Å². The van der Waals surface area contributed by atoms with E-state index in [9.17, 15) is 14.4 Å². The van der Waals surface area contributed by atoms with Gasteiger partial charge in [0.05, 0.1) is 27.9 Å². The van der Waals surface area contributed by atoms with Gasteiger partial charge < -0.3 is 23.9 Å². The van der Waals surface area contributed by atoms with Gasteiger partial charge in [-0.05, 0) is 36.4 Å². The van der Waals surface area contributed by atoms with Crippen LogP contribution in [0, 0.1) is 0 Å². The zero-order chi connectivity index (χ0) is 30.7. The zero-order valence-corrected chi connectivity index (χ0v) is 24.1. The van der Waals surface area contributed by atoms with Crippen molar-refractivity contribution in [1.29, 1.82) is 0 Å². The molecule has 1 saturated heterocycles. The number of hydrogen-bond donors (Lipinski definition) is 1. The van der Waals surface area contributed by atoms with Crippen LogP contribution in [-0.2, 0) is 18.9 Å². The molecule has 1 aliphatic rings. The molecule has 2 aromatic heterocycles. The van der Waals surface area contributed by atoms with Gasteiger partial charge in [-0.2, -0.15) is 0 Å². The quantitative estimate of drug-likeness (QED) is 0.136. The molecular formula is C31H22Cl2N4O7. The summed E-state index contributed by atoms with van der Waals surface area (Å²) in [5.41, 5.74) is 1.24. The van der Waals surface area contributed by atoms with Crippen molar-refractivity contribution >= 4 is 52.3 Å². The molecular weight excluding hydrogens is 611 g/mol. The van der Waals surface area contributed by atoms with E-state index in [1.54, 1.807) is 66.7 Å². The summed E-state index contributed by atoms with van der Waals surface area (Å²) in [6, 6.07) is 22.6. The lowest BCUT2D eigenvalue weighted by Gasteiger charge is -2.31. The minimum absolute atomic E-state index is 0.108. The molecule has 0 radical (unpaired) electrons. The highest BCUT2D eigenvalue weighted by atomic mass is 35.5. The third-order valence-electron chi connectivity index (χ3n) is 6.80. The summed E-state index contributed by atoms with van der Waals surface area (Å²) in [5, 5.41) is -2.01. The van der Waals surface area contributed by atoms with Gasteiger partial charge in [0.15, 0.2) is 17.9 Å². The minimum atomic E-state index is -2.19. The Kier molecular flexibility index (Phi) is 8.25. The van der Waals surface area contributed by atoms with Crippen LogP contribution in [0.3, 0.4) is 0 Å². The molecule has 1 fully saturated rings. The number of nitrogens with zero attached hydrogens (tertiary/aromatic N) is 3. The smallest absolute Gasteiger partial charge is 0.340 e. The average molecular weight is 633 g/mol. The van der Waals surface area contributed by atoms with Crippen molar-refractivity contribution in [2.45, 2.75) is 23.4 Å². The van der Waals surface area contributed by atoms with E-state index in [2.05, 4.69) is 19.9 Å². The maximum atomic E-state index is 13.4. The SMILES string of the molecule is O=C(O[C@@H]1[C@@H](COC(=O)c2ccccc2Cl)O[C@@H](c2nc3cncnc3[nH]2)[C@]1(Cl)OC(=O)c1ccccc1)c1ccccc1. The van der Waals surface area contributed by atoms with E-state index in [-0.39, 0.29) is 27.5 Å². The highest BCUT2D eigenvalue weighted by Gasteiger charge is 2.63. The van der Waals surface area contributed by atoms with Crippen LogP contribution >= 0.6 is 23.2 Å². The molecule has 0 bridgehead atoms. The molecule has 5 aromatic rings. The summed E-state index contributed by atoms with van der Waals surface area (Å²) in [4.78, 5) is 55.3. The van der Waals surface area contributed by atoms with Crippen LogP contribution in [-0.4, -0.2) is 61.7 Å². The monoisotopic (exact) mass is 632 g/mol. The van der Waals surface area contributed by atoms with Gasteiger partial charge in [0.1, 0.15) is 30.4 Å². The number of fused-ring (bicyclic) bond motifs is 1. The molecule has 1 aliphatic heterocycles. The van der Waals surface area contributed by atoms with Gasteiger partial charge in [-0.3, -0.25) is 0 Å². The van der Waals surface area contributed by atoms with Crippen LogP contribution in [0.15, 0.2) is 97.5 Å². The first-order valence-electron chi connectivity index (χ1n) is 13.3. The maximum absolute atomic E-state index is 13.4. The number of imidazole rings is 1. The van der Waals surface area contributed by atoms with E-state index in [1.165, 1.54) is 30.7 Å². The van der Waals surface area contributed by atoms with Crippen LogP contribution < -0.4 is 0 Å². The molecule has 13 heteroatoms. The van der Waals surface area contributed by atoms with E-state index in [0.717, 1.165) is 0 Å². The number of ether oxygens (including phenoxy) is 4. The summed E-state index contributed by atoms with van der Waals surface area (Å²) >= 11 is 13.4. The predicted octanol–water partition coefficient (Wildman–Crippen LogP) is 5.32. The molecule has 6 rings (SSSR count). The number of esters is 3. The second kappa shape index (κ2) is 12.4. The number of aromatic nitrogens is 4. The molecule has 222 valence electrons. The Hall–Kier alpha value is -4.84. The van der Waals surface area contributed by atoms with E-state index < -0.39 is 47.9 Å². The molecule has 1 N–H and O–H groups in total. The van der Waals surface area contributed by atoms with Crippen LogP contribution in [0.2, 0.25) is 5.02 Å². The fraction of sp³-hybridized carbons (Fsp3) is 0.161. The van der Waals surface area contributed by atoms with Gasteiger partial charge in [0.2, 0.25) is 0 Å². The lowest BCUT2D eigenvalue weighted by atomic mass is 10.1. The third-order valence-corrected chi connectivity index (χ3v) is 7.62. The Morgan fingerprint density at radius 2 is 1.55 bits per heavy atom. The van der Waals surface area contributed by atoms with E-state index in [4.69, 9.17) is 42.1 Å². The normalized spacial score (nSPS) is 21.1. The van der Waals surface area contributed by atoms with Crippen molar-refractivity contribution in [3.05, 3.63) is 125 Å². The van der Waals surface area contributed by atoms with Gasteiger partial charge in [-0.1, -0.05) is 71.7 Å². The van der Waals surface area contributed by atoms with Gasteiger partial charge in [0.25, 0.3) is 5.06 Å². The number of nitrogens with one attached hydrogen (secondary N) is 1. The number of benzene rings is 3. The largest absolute Gasteiger partial charge is 0.459 e. The topological polar surface area (TPSA) is 143 Å². The average Bonchev–Trinajstić information content (AvgIpc) is 3.59. The number of carbonyl (C=O) groups excluding carboxylic acids is 3. The highest BCUT2D eigenvalue weighted by molar-refractivity contribution is 6.33. The Balaban J connectivity index is 1.39. The van der Waals surface area contributed by atoms with E-state index in [0.29, 0.717) is 11.2 Å². The molecule has 3 aromatic carbocycles. The summed E-state index contributed by atoms with van der Waals surface area (Å²) in [6.45, 7) is -0.454. The summed E-state index contributed by atoms with van der Waals surface area (Å²) in [5.74, 6) is -2.24. The number of H-pyrrole nitrogens is 1. The van der Waals surface area contributed by atoms with Gasteiger partial charge in [-0.25, -0.2) is 29.3 Å². The van der Waals surface area contributed by atoms with E-state index in [1.807, 2.05) is 0 Å². The molecule has 11 nitrogen and oxygen atoms in total. The molecule has 0 unspecified atom stereocenters. The number of alkyl halides is 1. The second-order valence-corrected chi connectivity index (χ2v) is 10.7. The first kappa shape index (κ1) is 29.2. The van der Waals surface area contributed by atoms with Gasteiger partial charge >= 0.3 is 17.9 Å². The van der Waals surface area contributed by atoms with Crippen molar-refractivity contribution < 1.29 is 33.3 Å². The molecule has 3 heterocycles. The van der Waals surface area contributed by atoms with Gasteiger partial charge in [0, 0.05) is 0 Å². The van der Waals surface area contributed by atoms with Crippen LogP contribution in [0.5, 0.6) is 0 Å². The first-order valence-corrected chi connectivity index (χ1v) is 14.0. The summed E-state index contributed by atoms with van der Waals surface area (Å²) in [6.07, 6.45) is -1.26. The molecule has 0 spiro atoms. The lowest BCUT2D eigenvalue weighted by molar-refractivity contribution is -0.0550. The Morgan fingerprint density at radius 1 is 0.886 bits per heavy atom. The highest BCUT2D eigenvalue weighted by Crippen LogP contribution is 2.49. The fourth-order valence-electron chi connectivity index (χ4n) is 4.69. The van der Waals surface area contributed by atoms with Crippen molar-refractivity contribution in [3.63, 3.8) is 0 Å². The fourth-order valence-corrected chi connectivity index (χ4v) is 5.31. The van der Waals surface area contributed by atoms with Crippen LogP contribution in [0.25, 0.3) is 11.2 Å². The molecule has 0 amide bonds. The number of hydrogen-bond acceptors (Lipinski definition) is 10. The Bertz CT molecular complexity index is 1790. The molecule has 0 aliphatic carbocycles. The number of rotatable bonds is 8. The molecule has 44 heavy (non-hydrogen) atoms. The van der Waals surface area contributed by atoms with Gasteiger partial charge in [-0.15, -0.1) is 0 Å². The maximum Gasteiger partial charge on any atom is 0.340 e. The van der Waals surface area contributed by atoms with Crippen LogP contribution in [0.4, 0.5) is 0 Å². The molecule has 0 saturated carbocycles. The lowest BCUT2D eigenvalue weighted by Crippen LogP contribution is -2.48. The Labute approximate surface area is 260 Å². The summed E-state index contributed by atoms with van der Waals surface area (Å²) < 4.78 is 23.6. The zero-order valence-electron chi connectivity index (χ0n) is 22.6. The van der Waals surface area contributed by atoms with Crippen molar-refractivity contribution in [2.24, 2.45) is 0 Å². The number of aromatic amines is 1. The standard InChI is InChI=1S/C31H22Cl2N4O7/c32-21-14-8-7-13-20(21)30(40)41-16-23-24(43-28(38)18-9-3-1-4-10-18)31(33,44-29(39)19-11-5-2-6-12-19)25(42-23)27-36-22-15-34-17-35-26(22)37-27/h1-15,17,23-25H,16H2,(H,34,35,36,37)/t23-,24-,25+,31-/m1/s1. The first-order chi connectivity index (χ1) is 21.3. The Morgan fingerprint density at radius 3 is 2.23 bits per heavy atom. The minimum Gasteiger partial charge on any atom is -0.459 e. The van der Waals surface area contributed by atoms with E-state index >= 15 is 0 Å². The second-order valence-electron chi connectivity index (χ2n) is 9.66. The molecule has 4 atom stereocenters. The summed E-state index contributed by atoms with van der Waals surface area (Å²) in [7, 11) is 0. The third kappa shape index (κ3) is 5.85. The van der Waals surface area contributed by atoms with Crippen molar-refractivity contribution in [2.75, 3.05) is 6.61 Å².